The maximum Gasteiger partial charge on any atom is 0.339 e. The van der Waals surface area contributed by atoms with Gasteiger partial charge in [-0.05, 0) is 24.3 Å². The van der Waals surface area contributed by atoms with Crippen molar-refractivity contribution < 1.29 is 19.1 Å². The highest BCUT2D eigenvalue weighted by atomic mass is 35.5. The molecule has 3 aromatic rings. The molecule has 0 N–H and O–H groups in total. The highest BCUT2D eigenvalue weighted by Crippen LogP contribution is 2.21. The lowest BCUT2D eigenvalue weighted by atomic mass is 9.98. The Morgan fingerprint density at radius 2 is 1.39 bits per heavy atom. The predicted octanol–water partition coefficient (Wildman–Crippen LogP) is 5.26. The minimum absolute atomic E-state index is 0.0846. The summed E-state index contributed by atoms with van der Waals surface area (Å²) in [6.07, 6.45) is 0. The van der Waals surface area contributed by atoms with Gasteiger partial charge in [0.05, 0.1) is 10.6 Å². The van der Waals surface area contributed by atoms with Gasteiger partial charge in [0.1, 0.15) is 0 Å². The first-order valence-electron chi connectivity index (χ1n) is 8.31. The summed E-state index contributed by atoms with van der Waals surface area (Å²) in [7, 11) is 0. The molecular formula is C22H14Cl2O4. The van der Waals surface area contributed by atoms with Gasteiger partial charge < -0.3 is 4.74 Å². The van der Waals surface area contributed by atoms with Crippen LogP contribution < -0.4 is 0 Å². The Morgan fingerprint density at radius 3 is 2.11 bits per heavy atom. The van der Waals surface area contributed by atoms with Crippen molar-refractivity contribution in [3.63, 3.8) is 0 Å². The summed E-state index contributed by atoms with van der Waals surface area (Å²) in [5.74, 6) is -1.57. The summed E-state index contributed by atoms with van der Waals surface area (Å²) in [4.78, 5) is 37.5. The number of carbonyl (C=O) groups is 3. The molecule has 3 rings (SSSR count). The molecule has 0 fully saturated rings. The van der Waals surface area contributed by atoms with E-state index in [9.17, 15) is 14.4 Å². The molecule has 0 bridgehead atoms. The molecule has 0 amide bonds. The monoisotopic (exact) mass is 412 g/mol. The molecule has 0 unspecified atom stereocenters. The molecule has 28 heavy (non-hydrogen) atoms. The molecule has 6 heteroatoms. The molecule has 0 aromatic heterocycles. The Morgan fingerprint density at radius 1 is 0.750 bits per heavy atom. The summed E-state index contributed by atoms with van der Waals surface area (Å²) >= 11 is 11.9. The predicted molar refractivity (Wildman–Crippen MR) is 107 cm³/mol. The smallest absolute Gasteiger partial charge is 0.339 e. The molecule has 0 aliphatic carbocycles. The minimum atomic E-state index is -0.772. The number of hydrogen-bond acceptors (Lipinski definition) is 4. The van der Waals surface area contributed by atoms with E-state index < -0.39 is 18.4 Å². The van der Waals surface area contributed by atoms with Gasteiger partial charge in [-0.2, -0.15) is 0 Å². The van der Waals surface area contributed by atoms with Crippen molar-refractivity contribution in [2.75, 3.05) is 6.61 Å². The molecule has 0 heterocycles. The van der Waals surface area contributed by atoms with Crippen LogP contribution in [-0.4, -0.2) is 24.1 Å². The number of esters is 1. The summed E-state index contributed by atoms with van der Waals surface area (Å²) < 4.78 is 5.12. The number of ether oxygens (including phenoxy) is 1. The van der Waals surface area contributed by atoms with E-state index in [4.69, 9.17) is 27.9 Å². The number of benzene rings is 3. The number of rotatable bonds is 6. The molecule has 0 atom stereocenters. The fourth-order valence-corrected chi connectivity index (χ4v) is 3.00. The van der Waals surface area contributed by atoms with Crippen molar-refractivity contribution in [1.82, 2.24) is 0 Å². The Bertz CT molecular complexity index is 1050. The number of carbonyl (C=O) groups excluding carboxylic acids is 3. The second-order valence-corrected chi connectivity index (χ2v) is 6.71. The molecule has 3 aromatic carbocycles. The lowest BCUT2D eigenvalue weighted by Gasteiger charge is -2.09. The van der Waals surface area contributed by atoms with Crippen molar-refractivity contribution in [2.24, 2.45) is 0 Å². The molecule has 0 saturated carbocycles. The van der Waals surface area contributed by atoms with Crippen LogP contribution in [0.5, 0.6) is 0 Å². The number of halogens is 2. The Kier molecular flexibility index (Phi) is 6.24. The molecule has 4 nitrogen and oxygen atoms in total. The molecule has 0 saturated heterocycles. The van der Waals surface area contributed by atoms with Crippen molar-refractivity contribution >= 4 is 40.7 Å². The summed E-state index contributed by atoms with van der Waals surface area (Å²) in [5, 5.41) is 0.558. The first-order chi connectivity index (χ1) is 13.5. The van der Waals surface area contributed by atoms with E-state index >= 15 is 0 Å². The van der Waals surface area contributed by atoms with Gasteiger partial charge in [-0.1, -0.05) is 71.7 Å². The van der Waals surface area contributed by atoms with E-state index in [-0.39, 0.29) is 27.5 Å². The number of hydrogen-bond donors (Lipinski definition) is 0. The molecular weight excluding hydrogens is 399 g/mol. The summed E-state index contributed by atoms with van der Waals surface area (Å²) in [5.41, 5.74) is 0.897. The lowest BCUT2D eigenvalue weighted by Crippen LogP contribution is -2.17. The van der Waals surface area contributed by atoms with Crippen LogP contribution in [0.1, 0.15) is 36.6 Å². The molecule has 0 spiro atoms. The normalized spacial score (nSPS) is 10.4. The standard InChI is InChI=1S/C22H14Cl2O4/c23-15-10-11-19(24)18(12-15)20(25)13-28-22(27)17-9-5-4-8-16(17)21(26)14-6-2-1-3-7-14/h1-12H,13H2. The Labute approximate surface area is 171 Å². The van der Waals surface area contributed by atoms with Gasteiger partial charge in [0, 0.05) is 21.7 Å². The molecule has 0 aliphatic heterocycles. The zero-order chi connectivity index (χ0) is 20.1. The van der Waals surface area contributed by atoms with Crippen LogP contribution in [0.25, 0.3) is 0 Å². The third kappa shape index (κ3) is 4.47. The lowest BCUT2D eigenvalue weighted by molar-refractivity contribution is 0.0473. The average Bonchev–Trinajstić information content (AvgIpc) is 2.73. The van der Waals surface area contributed by atoms with E-state index in [0.29, 0.717) is 10.6 Å². The Hall–Kier alpha value is -2.95. The topological polar surface area (TPSA) is 60.4 Å². The van der Waals surface area contributed by atoms with Crippen LogP contribution in [0.3, 0.4) is 0 Å². The highest BCUT2D eigenvalue weighted by Gasteiger charge is 2.20. The van der Waals surface area contributed by atoms with Gasteiger partial charge in [-0.15, -0.1) is 0 Å². The van der Waals surface area contributed by atoms with E-state index in [1.54, 1.807) is 54.6 Å². The van der Waals surface area contributed by atoms with E-state index in [2.05, 4.69) is 0 Å². The van der Waals surface area contributed by atoms with E-state index in [0.717, 1.165) is 0 Å². The molecule has 0 aliphatic rings. The van der Waals surface area contributed by atoms with Gasteiger partial charge in [-0.3, -0.25) is 9.59 Å². The maximum atomic E-state index is 12.7. The minimum Gasteiger partial charge on any atom is -0.454 e. The van der Waals surface area contributed by atoms with Gasteiger partial charge >= 0.3 is 5.97 Å². The highest BCUT2D eigenvalue weighted by molar-refractivity contribution is 6.36. The van der Waals surface area contributed by atoms with Gasteiger partial charge in [-0.25, -0.2) is 4.79 Å². The van der Waals surface area contributed by atoms with Crippen molar-refractivity contribution in [1.29, 1.82) is 0 Å². The van der Waals surface area contributed by atoms with Crippen molar-refractivity contribution in [3.05, 3.63) is 105 Å². The maximum absolute atomic E-state index is 12.7. The van der Waals surface area contributed by atoms with E-state index in [1.165, 1.54) is 18.2 Å². The van der Waals surface area contributed by atoms with Crippen LogP contribution in [0.2, 0.25) is 10.0 Å². The third-order valence-corrected chi connectivity index (χ3v) is 4.56. The Balaban J connectivity index is 1.77. The summed E-state index contributed by atoms with van der Waals surface area (Å²) in [6, 6.07) is 19.4. The van der Waals surface area contributed by atoms with Crippen LogP contribution >= 0.6 is 23.2 Å². The quantitative estimate of drug-likeness (QED) is 0.408. The SMILES string of the molecule is O=C(COC(=O)c1ccccc1C(=O)c1ccccc1)c1cc(Cl)ccc1Cl. The largest absolute Gasteiger partial charge is 0.454 e. The van der Waals surface area contributed by atoms with Crippen molar-refractivity contribution in [3.8, 4) is 0 Å². The second kappa shape index (κ2) is 8.83. The van der Waals surface area contributed by atoms with Crippen molar-refractivity contribution in [2.45, 2.75) is 0 Å². The average molecular weight is 413 g/mol. The molecule has 0 radical (unpaired) electrons. The fourth-order valence-electron chi connectivity index (χ4n) is 2.60. The first kappa shape index (κ1) is 19.8. The van der Waals surface area contributed by atoms with Gasteiger partial charge in [0.15, 0.2) is 12.4 Å². The number of Topliss-reactive ketones (excluding diaryl/α,β-unsaturated/α-hetero) is 1. The van der Waals surface area contributed by atoms with Crippen LogP contribution in [0.15, 0.2) is 72.8 Å². The zero-order valence-corrected chi connectivity index (χ0v) is 16.0. The van der Waals surface area contributed by atoms with Crippen LogP contribution in [0.4, 0.5) is 0 Å². The number of ketones is 2. The zero-order valence-electron chi connectivity index (χ0n) is 14.5. The third-order valence-electron chi connectivity index (χ3n) is 3.99. The molecule has 140 valence electrons. The van der Waals surface area contributed by atoms with Gasteiger partial charge in [0.2, 0.25) is 5.78 Å². The second-order valence-electron chi connectivity index (χ2n) is 5.86. The van der Waals surface area contributed by atoms with Crippen LogP contribution in [0, 0.1) is 0 Å². The van der Waals surface area contributed by atoms with E-state index in [1.807, 2.05) is 0 Å². The first-order valence-corrected chi connectivity index (χ1v) is 9.07. The summed E-state index contributed by atoms with van der Waals surface area (Å²) in [6.45, 7) is -0.521. The van der Waals surface area contributed by atoms with Crippen LogP contribution in [-0.2, 0) is 4.74 Å². The fraction of sp³-hybridized carbons (Fsp3) is 0.0455. The van der Waals surface area contributed by atoms with Gasteiger partial charge in [0.25, 0.3) is 0 Å².